The van der Waals surface area contributed by atoms with Gasteiger partial charge in [-0.05, 0) is 35.4 Å². The number of halogens is 3. The molecule has 1 fully saturated rings. The lowest BCUT2D eigenvalue weighted by Gasteiger charge is -2.27. The van der Waals surface area contributed by atoms with Crippen molar-refractivity contribution in [1.29, 1.82) is 0 Å². The number of epoxide rings is 1. The van der Waals surface area contributed by atoms with E-state index in [1.54, 1.807) is 0 Å². The molecule has 1 aliphatic heterocycles. The van der Waals surface area contributed by atoms with E-state index in [-0.39, 0.29) is 24.0 Å². The number of aliphatic hydroxyl groups excluding tert-OH is 1. The minimum atomic E-state index is -0.780. The van der Waals surface area contributed by atoms with Crippen LogP contribution in [0.5, 0.6) is 11.5 Å². The van der Waals surface area contributed by atoms with Crippen molar-refractivity contribution in [3.8, 4) is 11.5 Å². The molecule has 0 bridgehead atoms. The Morgan fingerprint density at radius 2 is 1.71 bits per heavy atom. The molecule has 2 aromatic carbocycles. The first kappa shape index (κ1) is 21.5. The van der Waals surface area contributed by atoms with Gasteiger partial charge >= 0.3 is 0 Å². The Balaban J connectivity index is 1.76. The molecule has 0 spiro atoms. The summed E-state index contributed by atoms with van der Waals surface area (Å²) in [5, 5.41) is 10.3. The first-order valence-electron chi connectivity index (χ1n) is 9.02. The Labute approximate surface area is 180 Å². The Kier molecular flexibility index (Phi) is 7.00. The molecule has 28 heavy (non-hydrogen) atoms. The van der Waals surface area contributed by atoms with Gasteiger partial charge in [0.2, 0.25) is 0 Å². The highest BCUT2D eigenvalue weighted by Gasteiger charge is 2.26. The van der Waals surface area contributed by atoms with Gasteiger partial charge in [-0.2, -0.15) is 0 Å². The van der Waals surface area contributed by atoms with Crippen LogP contribution < -0.4 is 9.47 Å². The molecular formula is C21H23Cl3O4. The van der Waals surface area contributed by atoms with Crippen LogP contribution in [0.15, 0.2) is 36.4 Å². The topological polar surface area (TPSA) is 51.2 Å². The first-order valence-corrected chi connectivity index (χ1v) is 10.3. The molecule has 0 aromatic heterocycles. The van der Waals surface area contributed by atoms with Crippen molar-refractivity contribution in [1.82, 2.24) is 0 Å². The van der Waals surface area contributed by atoms with Crippen LogP contribution in [0.1, 0.15) is 25.0 Å². The molecule has 1 N–H and O–H groups in total. The Bertz CT molecular complexity index is 781. The van der Waals surface area contributed by atoms with Gasteiger partial charge in [0.05, 0.1) is 22.5 Å². The van der Waals surface area contributed by atoms with E-state index >= 15 is 0 Å². The van der Waals surface area contributed by atoms with Crippen molar-refractivity contribution in [2.45, 2.75) is 31.5 Å². The van der Waals surface area contributed by atoms with Gasteiger partial charge in [0, 0.05) is 5.41 Å². The van der Waals surface area contributed by atoms with Gasteiger partial charge in [-0.25, -0.2) is 0 Å². The van der Waals surface area contributed by atoms with E-state index in [0.29, 0.717) is 22.4 Å². The molecule has 0 radical (unpaired) electrons. The van der Waals surface area contributed by atoms with E-state index < -0.39 is 6.10 Å². The van der Waals surface area contributed by atoms with E-state index in [0.717, 1.165) is 23.5 Å². The summed E-state index contributed by atoms with van der Waals surface area (Å²) < 4.78 is 16.4. The third-order valence-corrected chi connectivity index (χ3v) is 5.65. The summed E-state index contributed by atoms with van der Waals surface area (Å²) >= 11 is 18.4. The maximum absolute atomic E-state index is 9.57. The lowest BCUT2D eigenvalue weighted by atomic mass is 9.78. The van der Waals surface area contributed by atoms with Gasteiger partial charge in [-0.3, -0.25) is 0 Å². The summed E-state index contributed by atoms with van der Waals surface area (Å²) in [4.78, 5) is 0. The second kappa shape index (κ2) is 9.10. The van der Waals surface area contributed by atoms with Crippen LogP contribution in [-0.4, -0.2) is 43.0 Å². The predicted octanol–water partition coefficient (Wildman–Crippen LogP) is 5.08. The maximum atomic E-state index is 9.57. The van der Waals surface area contributed by atoms with Crippen molar-refractivity contribution >= 4 is 34.8 Å². The Hall–Kier alpha value is -1.17. The van der Waals surface area contributed by atoms with Crippen molar-refractivity contribution in [3.63, 3.8) is 0 Å². The number of rotatable bonds is 9. The highest BCUT2D eigenvalue weighted by molar-refractivity contribution is 6.37. The van der Waals surface area contributed by atoms with Gasteiger partial charge in [0.1, 0.15) is 31.2 Å². The fourth-order valence-corrected chi connectivity index (χ4v) is 3.46. The monoisotopic (exact) mass is 444 g/mol. The zero-order chi connectivity index (χ0) is 20.3. The van der Waals surface area contributed by atoms with E-state index in [4.69, 9.17) is 49.0 Å². The molecule has 152 valence electrons. The minimum absolute atomic E-state index is 0.0268. The zero-order valence-electron chi connectivity index (χ0n) is 15.8. The molecule has 1 saturated heterocycles. The molecule has 1 aliphatic rings. The van der Waals surface area contributed by atoms with E-state index in [2.05, 4.69) is 13.8 Å². The summed E-state index contributed by atoms with van der Waals surface area (Å²) in [6.07, 6.45) is -0.552. The molecule has 3 rings (SSSR count). The second-order valence-electron chi connectivity index (χ2n) is 7.30. The van der Waals surface area contributed by atoms with Gasteiger partial charge in [-0.1, -0.05) is 49.2 Å². The van der Waals surface area contributed by atoms with Crippen LogP contribution in [0.3, 0.4) is 0 Å². The Morgan fingerprint density at radius 1 is 1.11 bits per heavy atom. The van der Waals surface area contributed by atoms with Crippen LogP contribution in [0.25, 0.3) is 0 Å². The second-order valence-corrected chi connectivity index (χ2v) is 8.43. The van der Waals surface area contributed by atoms with Gasteiger partial charge in [0.15, 0.2) is 5.75 Å². The van der Waals surface area contributed by atoms with E-state index in [9.17, 15) is 5.11 Å². The van der Waals surface area contributed by atoms with Crippen molar-refractivity contribution in [3.05, 3.63) is 57.6 Å². The van der Waals surface area contributed by atoms with Crippen molar-refractivity contribution < 1.29 is 19.3 Å². The summed E-state index contributed by atoms with van der Waals surface area (Å²) in [5.74, 6) is 1.24. The lowest BCUT2D eigenvalue weighted by molar-refractivity contribution is 0.125. The molecule has 0 amide bonds. The van der Waals surface area contributed by atoms with Gasteiger partial charge in [0.25, 0.3) is 0 Å². The number of aliphatic hydroxyl groups is 1. The number of hydrogen-bond acceptors (Lipinski definition) is 4. The first-order chi connectivity index (χ1) is 13.3. The normalized spacial score (nSPS) is 17.3. The fourth-order valence-electron chi connectivity index (χ4n) is 2.77. The largest absolute Gasteiger partial charge is 0.491 e. The van der Waals surface area contributed by atoms with Crippen LogP contribution in [0, 0.1) is 0 Å². The SMILES string of the molecule is CC(C)(c1ccc(OC[C@H]2CO2)cc1)c1cc(Cl)c(OCC(O)CCl)c(Cl)c1. The van der Waals surface area contributed by atoms with E-state index in [1.165, 1.54) is 0 Å². The third-order valence-electron chi connectivity index (χ3n) is 4.73. The molecule has 1 heterocycles. The molecule has 7 heteroatoms. The van der Waals surface area contributed by atoms with Crippen LogP contribution in [0.4, 0.5) is 0 Å². The summed E-state index contributed by atoms with van der Waals surface area (Å²) in [5.41, 5.74) is 1.72. The zero-order valence-corrected chi connectivity index (χ0v) is 18.0. The molecule has 2 aromatic rings. The van der Waals surface area contributed by atoms with Crippen molar-refractivity contribution in [2.24, 2.45) is 0 Å². The summed E-state index contributed by atoms with van der Waals surface area (Å²) in [6, 6.07) is 11.6. The lowest BCUT2D eigenvalue weighted by Crippen LogP contribution is -2.20. The Morgan fingerprint density at radius 3 is 2.25 bits per heavy atom. The summed E-state index contributed by atoms with van der Waals surface area (Å²) in [7, 11) is 0. The third kappa shape index (κ3) is 5.25. The summed E-state index contributed by atoms with van der Waals surface area (Å²) in [6.45, 7) is 5.57. The number of hydrogen-bond donors (Lipinski definition) is 1. The molecule has 1 unspecified atom stereocenters. The van der Waals surface area contributed by atoms with Gasteiger partial charge < -0.3 is 19.3 Å². The quantitative estimate of drug-likeness (QED) is 0.432. The number of benzene rings is 2. The molecule has 0 saturated carbocycles. The molecule has 4 nitrogen and oxygen atoms in total. The number of alkyl halides is 1. The minimum Gasteiger partial charge on any atom is -0.491 e. The molecule has 0 aliphatic carbocycles. The average molecular weight is 446 g/mol. The molecular weight excluding hydrogens is 423 g/mol. The molecule has 2 atom stereocenters. The maximum Gasteiger partial charge on any atom is 0.156 e. The highest BCUT2D eigenvalue weighted by Crippen LogP contribution is 2.40. The standard InChI is InChI=1S/C21H23Cl3O4/c1-21(2,13-3-5-16(6-4-13)26-11-17-12-27-17)14-7-18(23)20(19(24)8-14)28-10-15(25)9-22/h3-8,15,17,25H,9-12H2,1-2H3/t15?,17-/m0/s1. The van der Waals surface area contributed by atoms with Crippen LogP contribution in [0.2, 0.25) is 10.0 Å². The number of ether oxygens (including phenoxy) is 3. The van der Waals surface area contributed by atoms with Crippen LogP contribution >= 0.6 is 34.8 Å². The van der Waals surface area contributed by atoms with Crippen molar-refractivity contribution in [2.75, 3.05) is 25.7 Å². The smallest absolute Gasteiger partial charge is 0.156 e. The average Bonchev–Trinajstić information content (AvgIpc) is 3.50. The highest BCUT2D eigenvalue weighted by atomic mass is 35.5. The van der Waals surface area contributed by atoms with E-state index in [1.807, 2.05) is 36.4 Å². The predicted molar refractivity (Wildman–Crippen MR) is 112 cm³/mol. The van der Waals surface area contributed by atoms with Gasteiger partial charge in [-0.15, -0.1) is 11.6 Å². The fraction of sp³-hybridized carbons (Fsp3) is 0.429. The van der Waals surface area contributed by atoms with Crippen LogP contribution in [-0.2, 0) is 10.2 Å².